The van der Waals surface area contributed by atoms with Gasteiger partial charge in [-0.1, -0.05) is 26.0 Å². The monoisotopic (exact) mass is 420 g/mol. The highest BCUT2D eigenvalue weighted by molar-refractivity contribution is 7.19. The molecule has 1 fully saturated rings. The average Bonchev–Trinajstić information content (AvgIpc) is 3.53. The van der Waals surface area contributed by atoms with E-state index in [9.17, 15) is 5.11 Å². The Morgan fingerprint density at radius 1 is 1.27 bits per heavy atom. The summed E-state index contributed by atoms with van der Waals surface area (Å²) < 4.78 is 6.90. The van der Waals surface area contributed by atoms with Crippen molar-refractivity contribution >= 4 is 32.5 Å². The molecule has 3 N–H and O–H groups in total. The van der Waals surface area contributed by atoms with Gasteiger partial charge in [-0.05, 0) is 36.6 Å². The second-order valence-corrected chi connectivity index (χ2v) is 9.05. The average molecular weight is 421 g/mol. The molecule has 0 bridgehead atoms. The highest BCUT2D eigenvalue weighted by Crippen LogP contribution is 2.41. The number of aromatic nitrogens is 3. The molecule has 0 radical (unpaired) electrons. The topological polar surface area (TPSA) is 78.3 Å². The second-order valence-electron chi connectivity index (χ2n) is 7.96. The number of nitrogens with zero attached hydrogens (tertiary/aromatic N) is 2. The van der Waals surface area contributed by atoms with Crippen molar-refractivity contribution < 1.29 is 9.84 Å². The number of aliphatic hydroxyl groups is 1. The van der Waals surface area contributed by atoms with Gasteiger partial charge in [0, 0.05) is 22.2 Å². The molecule has 2 atom stereocenters. The first kappa shape index (κ1) is 19.3. The van der Waals surface area contributed by atoms with Gasteiger partial charge in [0.25, 0.3) is 6.04 Å². The standard InChI is InChI=1S/C23H24N4O2S/c1-4-23(28,5-2)14-7-6-13-10-17(25-16(13)11-14)20-22-18(26-27-20)12-19(30-22)21-15(24-3)8-9-29-21/h6-7,10-12,15,21,25,28H,4-5,8-9H2,1-2H3,(H,26,27). The SMILES string of the molecule is [C-]#[N+]C1CCOC1c1cc2[nH]nc(-c3cc4ccc(C(O)(CC)CC)cc4[nH]3)c2s1. The third-order valence-electron chi connectivity index (χ3n) is 6.35. The zero-order chi connectivity index (χ0) is 20.9. The van der Waals surface area contributed by atoms with E-state index < -0.39 is 5.60 Å². The molecule has 2 unspecified atom stereocenters. The van der Waals surface area contributed by atoms with Crippen LogP contribution in [0.1, 0.15) is 49.7 Å². The zero-order valence-electron chi connectivity index (χ0n) is 17.0. The van der Waals surface area contributed by atoms with Crippen LogP contribution in [0, 0.1) is 6.57 Å². The summed E-state index contributed by atoms with van der Waals surface area (Å²) in [7, 11) is 0. The van der Waals surface area contributed by atoms with Crippen LogP contribution in [0.2, 0.25) is 0 Å². The number of nitrogens with one attached hydrogen (secondary N) is 2. The van der Waals surface area contributed by atoms with Gasteiger partial charge >= 0.3 is 0 Å². The third-order valence-corrected chi connectivity index (χ3v) is 7.55. The van der Waals surface area contributed by atoms with Crippen LogP contribution in [0.5, 0.6) is 0 Å². The van der Waals surface area contributed by atoms with E-state index in [2.05, 4.69) is 38.2 Å². The van der Waals surface area contributed by atoms with Gasteiger partial charge in [-0.2, -0.15) is 5.10 Å². The van der Waals surface area contributed by atoms with E-state index in [0.717, 1.165) is 49.4 Å². The summed E-state index contributed by atoms with van der Waals surface area (Å²) in [5, 5.41) is 19.6. The van der Waals surface area contributed by atoms with Crippen molar-refractivity contribution in [2.75, 3.05) is 6.61 Å². The number of hydrogen-bond acceptors (Lipinski definition) is 4. The van der Waals surface area contributed by atoms with Crippen LogP contribution in [-0.4, -0.2) is 32.9 Å². The molecule has 6 nitrogen and oxygen atoms in total. The molecule has 0 aliphatic carbocycles. The van der Waals surface area contributed by atoms with E-state index >= 15 is 0 Å². The summed E-state index contributed by atoms with van der Waals surface area (Å²) in [6.45, 7) is 12.1. The number of hydrogen-bond donors (Lipinski definition) is 3. The lowest BCUT2D eigenvalue weighted by Crippen LogP contribution is -2.23. The normalized spacial score (nSPS) is 19.7. The first-order valence-electron chi connectivity index (χ1n) is 10.4. The van der Waals surface area contributed by atoms with Gasteiger partial charge in [0.05, 0.1) is 28.1 Å². The summed E-state index contributed by atoms with van der Waals surface area (Å²) >= 11 is 1.64. The maximum Gasteiger partial charge on any atom is 0.256 e. The first-order chi connectivity index (χ1) is 14.6. The fraction of sp³-hybridized carbons (Fsp3) is 0.391. The van der Waals surface area contributed by atoms with Crippen LogP contribution in [0.25, 0.3) is 37.4 Å². The van der Waals surface area contributed by atoms with Crippen LogP contribution in [0.4, 0.5) is 0 Å². The molecule has 5 rings (SSSR count). The van der Waals surface area contributed by atoms with Crippen LogP contribution in [-0.2, 0) is 10.3 Å². The Bertz CT molecular complexity index is 1260. The predicted octanol–water partition coefficient (Wildman–Crippen LogP) is 5.53. The molecule has 1 aliphatic rings. The Balaban J connectivity index is 1.54. The summed E-state index contributed by atoms with van der Waals surface area (Å²) in [6, 6.07) is 10.2. The molecule has 1 aromatic carbocycles. The van der Waals surface area contributed by atoms with Gasteiger partial charge in [0.2, 0.25) is 0 Å². The lowest BCUT2D eigenvalue weighted by atomic mass is 9.88. The lowest BCUT2D eigenvalue weighted by molar-refractivity contribution is 0.0285. The van der Waals surface area contributed by atoms with E-state index in [0.29, 0.717) is 19.4 Å². The fourth-order valence-electron chi connectivity index (χ4n) is 4.34. The molecule has 0 spiro atoms. The molecular formula is C23H24N4O2S. The molecule has 1 saturated heterocycles. The van der Waals surface area contributed by atoms with Crippen LogP contribution < -0.4 is 0 Å². The maximum absolute atomic E-state index is 10.9. The van der Waals surface area contributed by atoms with E-state index in [1.165, 1.54) is 0 Å². The van der Waals surface area contributed by atoms with Crippen molar-refractivity contribution in [3.63, 3.8) is 0 Å². The van der Waals surface area contributed by atoms with E-state index in [-0.39, 0.29) is 12.1 Å². The van der Waals surface area contributed by atoms with Crippen LogP contribution >= 0.6 is 11.3 Å². The van der Waals surface area contributed by atoms with Crippen molar-refractivity contribution in [1.82, 2.24) is 15.2 Å². The Hall–Kier alpha value is -2.66. The quantitative estimate of drug-likeness (QED) is 0.372. The summed E-state index contributed by atoms with van der Waals surface area (Å²) in [6.07, 6.45) is 1.99. The highest BCUT2D eigenvalue weighted by atomic mass is 32.1. The molecular weight excluding hydrogens is 396 g/mol. The second kappa shape index (κ2) is 7.24. The Morgan fingerprint density at radius 3 is 2.87 bits per heavy atom. The number of fused-ring (bicyclic) bond motifs is 2. The smallest absolute Gasteiger partial charge is 0.256 e. The van der Waals surface area contributed by atoms with E-state index in [1.807, 2.05) is 26.0 Å². The molecule has 30 heavy (non-hydrogen) atoms. The minimum atomic E-state index is -0.803. The van der Waals surface area contributed by atoms with E-state index in [1.54, 1.807) is 11.3 Å². The number of rotatable bonds is 5. The summed E-state index contributed by atoms with van der Waals surface area (Å²) in [4.78, 5) is 8.29. The lowest BCUT2D eigenvalue weighted by Gasteiger charge is -2.25. The van der Waals surface area contributed by atoms with Gasteiger partial charge in [-0.15, -0.1) is 11.3 Å². The predicted molar refractivity (Wildman–Crippen MR) is 119 cm³/mol. The number of H-pyrrole nitrogens is 2. The van der Waals surface area contributed by atoms with Gasteiger partial charge < -0.3 is 19.7 Å². The number of thiophene rings is 1. The van der Waals surface area contributed by atoms with Gasteiger partial charge in [-0.3, -0.25) is 5.10 Å². The zero-order valence-corrected chi connectivity index (χ0v) is 17.8. The Kier molecular flexibility index (Phi) is 4.66. The van der Waals surface area contributed by atoms with E-state index in [4.69, 9.17) is 11.3 Å². The highest BCUT2D eigenvalue weighted by Gasteiger charge is 2.36. The van der Waals surface area contributed by atoms with Gasteiger partial charge in [-0.25, -0.2) is 6.57 Å². The first-order valence-corrected chi connectivity index (χ1v) is 11.2. The number of benzene rings is 1. The third kappa shape index (κ3) is 2.95. The largest absolute Gasteiger partial charge is 0.385 e. The van der Waals surface area contributed by atoms with Crippen molar-refractivity contribution in [3.8, 4) is 11.4 Å². The summed E-state index contributed by atoms with van der Waals surface area (Å²) in [5.41, 5.74) is 3.90. The van der Waals surface area contributed by atoms with Crippen LogP contribution in [0.3, 0.4) is 0 Å². The van der Waals surface area contributed by atoms with Crippen molar-refractivity contribution in [2.45, 2.75) is 50.9 Å². The minimum Gasteiger partial charge on any atom is -0.385 e. The Morgan fingerprint density at radius 2 is 2.10 bits per heavy atom. The fourth-order valence-corrected chi connectivity index (χ4v) is 5.56. The number of ether oxygens (including phenoxy) is 1. The molecule has 3 aromatic heterocycles. The van der Waals surface area contributed by atoms with Crippen molar-refractivity contribution in [2.24, 2.45) is 0 Å². The molecule has 7 heteroatoms. The molecule has 4 aromatic rings. The van der Waals surface area contributed by atoms with Gasteiger partial charge in [0.1, 0.15) is 5.69 Å². The van der Waals surface area contributed by atoms with Crippen molar-refractivity contribution in [1.29, 1.82) is 0 Å². The molecule has 4 heterocycles. The minimum absolute atomic E-state index is 0.105. The molecule has 1 aliphatic heterocycles. The molecule has 0 saturated carbocycles. The van der Waals surface area contributed by atoms with Crippen molar-refractivity contribution in [3.05, 3.63) is 52.2 Å². The summed E-state index contributed by atoms with van der Waals surface area (Å²) in [5.74, 6) is 0. The van der Waals surface area contributed by atoms with Gasteiger partial charge in [0.15, 0.2) is 6.10 Å². The maximum atomic E-state index is 10.9. The molecule has 154 valence electrons. The number of aromatic amines is 2. The Labute approximate surface area is 178 Å². The molecule has 0 amide bonds. The van der Waals surface area contributed by atoms with Crippen LogP contribution in [0.15, 0.2) is 30.3 Å².